The molecule has 1 aliphatic heterocycles. The number of aryl methyl sites for hydroxylation is 1. The first-order valence-electron chi connectivity index (χ1n) is 7.36. The fourth-order valence-corrected chi connectivity index (χ4v) is 2.92. The highest BCUT2D eigenvalue weighted by Gasteiger charge is 2.26. The summed E-state index contributed by atoms with van der Waals surface area (Å²) >= 11 is 0. The summed E-state index contributed by atoms with van der Waals surface area (Å²) in [4.78, 5) is 14.6. The van der Waals surface area contributed by atoms with Crippen LogP contribution in [0.3, 0.4) is 0 Å². The normalized spacial score (nSPS) is 17.4. The molecule has 2 aromatic rings. The van der Waals surface area contributed by atoms with Crippen molar-refractivity contribution >= 4 is 11.6 Å². The van der Waals surface area contributed by atoms with E-state index in [1.54, 1.807) is 0 Å². The van der Waals surface area contributed by atoms with Crippen molar-refractivity contribution in [2.45, 2.75) is 25.8 Å². The van der Waals surface area contributed by atoms with E-state index in [9.17, 15) is 4.79 Å². The average molecular weight is 280 g/mol. The third kappa shape index (κ3) is 2.69. The summed E-state index contributed by atoms with van der Waals surface area (Å²) in [6, 6.07) is 16.0. The van der Waals surface area contributed by atoms with E-state index >= 15 is 0 Å². The third-order valence-corrected chi connectivity index (χ3v) is 4.19. The van der Waals surface area contributed by atoms with E-state index in [0.29, 0.717) is 13.0 Å². The summed E-state index contributed by atoms with van der Waals surface area (Å²) in [6.07, 6.45) is 1.26. The molecule has 2 aromatic carbocycles. The van der Waals surface area contributed by atoms with Crippen LogP contribution in [0.5, 0.6) is 0 Å². The molecule has 0 bridgehead atoms. The first-order valence-corrected chi connectivity index (χ1v) is 7.36. The van der Waals surface area contributed by atoms with Crippen molar-refractivity contribution in [2.75, 3.05) is 11.4 Å². The Hall–Kier alpha value is -2.13. The zero-order chi connectivity index (χ0) is 14.8. The van der Waals surface area contributed by atoms with Crippen molar-refractivity contribution in [3.05, 3.63) is 65.2 Å². The highest BCUT2D eigenvalue weighted by atomic mass is 16.2. The van der Waals surface area contributed by atoms with Crippen molar-refractivity contribution in [1.29, 1.82) is 0 Å². The number of hydrogen-bond acceptors (Lipinski definition) is 2. The van der Waals surface area contributed by atoms with Crippen molar-refractivity contribution in [3.63, 3.8) is 0 Å². The minimum Gasteiger partial charge on any atom is -0.324 e. The predicted molar refractivity (Wildman–Crippen MR) is 85.2 cm³/mol. The third-order valence-electron chi connectivity index (χ3n) is 4.19. The van der Waals surface area contributed by atoms with Crippen LogP contribution >= 0.6 is 0 Å². The Morgan fingerprint density at radius 3 is 2.71 bits per heavy atom. The van der Waals surface area contributed by atoms with Gasteiger partial charge < -0.3 is 10.6 Å². The van der Waals surface area contributed by atoms with Gasteiger partial charge in [-0.1, -0.05) is 42.5 Å². The second-order valence-corrected chi connectivity index (χ2v) is 5.60. The molecule has 0 aromatic heterocycles. The number of fused-ring (bicyclic) bond motifs is 1. The number of rotatable bonds is 2. The number of carbonyl (C=O) groups is 1. The number of benzene rings is 2. The van der Waals surface area contributed by atoms with Crippen LogP contribution in [0.1, 0.15) is 29.2 Å². The van der Waals surface area contributed by atoms with Crippen LogP contribution in [-0.4, -0.2) is 12.5 Å². The van der Waals surface area contributed by atoms with Crippen molar-refractivity contribution in [2.24, 2.45) is 5.73 Å². The smallest absolute Gasteiger partial charge is 0.231 e. The number of nitrogens with two attached hydrogens (primary N) is 1. The second kappa shape index (κ2) is 5.70. The monoisotopic (exact) mass is 280 g/mol. The van der Waals surface area contributed by atoms with Crippen LogP contribution in [0.15, 0.2) is 48.5 Å². The van der Waals surface area contributed by atoms with E-state index in [1.165, 1.54) is 0 Å². The summed E-state index contributed by atoms with van der Waals surface area (Å²) in [5.74, 6) is 0.142. The molecule has 1 atom stereocenters. The first kappa shape index (κ1) is 13.8. The Kier molecular flexibility index (Phi) is 3.76. The van der Waals surface area contributed by atoms with Gasteiger partial charge in [0.1, 0.15) is 0 Å². The number of anilines is 1. The fraction of sp³-hybridized carbons (Fsp3) is 0.278. The summed E-state index contributed by atoms with van der Waals surface area (Å²) < 4.78 is 0. The lowest BCUT2D eigenvalue weighted by Gasteiger charge is -2.33. The van der Waals surface area contributed by atoms with Crippen molar-refractivity contribution in [3.8, 4) is 0 Å². The van der Waals surface area contributed by atoms with Crippen LogP contribution < -0.4 is 10.6 Å². The van der Waals surface area contributed by atoms with Gasteiger partial charge >= 0.3 is 0 Å². The van der Waals surface area contributed by atoms with E-state index in [4.69, 9.17) is 5.73 Å². The topological polar surface area (TPSA) is 46.3 Å². The Labute approximate surface area is 125 Å². The molecule has 1 unspecified atom stereocenters. The van der Waals surface area contributed by atoms with Crippen LogP contribution in [0.4, 0.5) is 5.69 Å². The highest BCUT2D eigenvalue weighted by Crippen LogP contribution is 2.32. The lowest BCUT2D eigenvalue weighted by atomic mass is 9.96. The van der Waals surface area contributed by atoms with Gasteiger partial charge in [-0.2, -0.15) is 0 Å². The quantitative estimate of drug-likeness (QED) is 0.919. The van der Waals surface area contributed by atoms with Gasteiger partial charge in [0.2, 0.25) is 5.91 Å². The molecule has 3 heteroatoms. The highest BCUT2D eigenvalue weighted by molar-refractivity contribution is 5.96. The molecule has 2 N–H and O–H groups in total. The van der Waals surface area contributed by atoms with Gasteiger partial charge in [-0.15, -0.1) is 0 Å². The van der Waals surface area contributed by atoms with Gasteiger partial charge in [-0.3, -0.25) is 4.79 Å². The second-order valence-electron chi connectivity index (χ2n) is 5.60. The van der Waals surface area contributed by atoms with Gasteiger partial charge in [0, 0.05) is 18.3 Å². The summed E-state index contributed by atoms with van der Waals surface area (Å²) in [7, 11) is 0. The molecule has 0 saturated heterocycles. The molecule has 1 heterocycles. The molecule has 1 aliphatic rings. The molecule has 0 fully saturated rings. The molecular weight excluding hydrogens is 260 g/mol. The fourth-order valence-electron chi connectivity index (χ4n) is 2.92. The summed E-state index contributed by atoms with van der Waals surface area (Å²) in [5, 5.41) is 0. The van der Waals surface area contributed by atoms with Gasteiger partial charge in [-0.25, -0.2) is 0 Å². The molecular formula is C18H20N2O. The molecule has 0 spiro atoms. The van der Waals surface area contributed by atoms with E-state index in [2.05, 4.69) is 0 Å². The maximum Gasteiger partial charge on any atom is 0.231 e. The lowest BCUT2D eigenvalue weighted by Crippen LogP contribution is -2.39. The molecule has 3 rings (SSSR count). The van der Waals surface area contributed by atoms with E-state index < -0.39 is 0 Å². The molecule has 0 radical (unpaired) electrons. The van der Waals surface area contributed by atoms with E-state index in [-0.39, 0.29) is 11.9 Å². The Bertz CT molecular complexity index is 666. The van der Waals surface area contributed by atoms with Crippen molar-refractivity contribution in [1.82, 2.24) is 0 Å². The molecule has 0 saturated carbocycles. The maximum absolute atomic E-state index is 12.7. The molecule has 0 aliphatic carbocycles. The maximum atomic E-state index is 12.7. The van der Waals surface area contributed by atoms with Crippen molar-refractivity contribution < 1.29 is 4.79 Å². The predicted octanol–water partition coefficient (Wildman–Crippen LogP) is 2.97. The number of nitrogens with zero attached hydrogens (tertiary/aromatic N) is 1. The Balaban J connectivity index is 1.86. The number of carbonyl (C=O) groups excluding carboxylic acids is 1. The molecule has 3 nitrogen and oxygen atoms in total. The van der Waals surface area contributed by atoms with Gasteiger partial charge in [0.05, 0.1) is 6.42 Å². The number of hydrogen-bond donors (Lipinski definition) is 1. The summed E-state index contributed by atoms with van der Waals surface area (Å²) in [5.41, 5.74) is 10.4. The van der Waals surface area contributed by atoms with Gasteiger partial charge in [-0.05, 0) is 36.1 Å². The van der Waals surface area contributed by atoms with Gasteiger partial charge in [0.15, 0.2) is 0 Å². The van der Waals surface area contributed by atoms with E-state index in [1.807, 2.05) is 60.4 Å². The number of amides is 1. The minimum absolute atomic E-state index is 0.0312. The minimum atomic E-state index is 0.0312. The van der Waals surface area contributed by atoms with Gasteiger partial charge in [0.25, 0.3) is 0 Å². The number of para-hydroxylation sites is 1. The largest absolute Gasteiger partial charge is 0.324 e. The zero-order valence-electron chi connectivity index (χ0n) is 12.3. The Morgan fingerprint density at radius 1 is 1.19 bits per heavy atom. The van der Waals surface area contributed by atoms with Crippen LogP contribution in [0.2, 0.25) is 0 Å². The lowest BCUT2D eigenvalue weighted by molar-refractivity contribution is -0.118. The van der Waals surface area contributed by atoms with E-state index in [0.717, 1.165) is 28.8 Å². The Morgan fingerprint density at radius 2 is 1.90 bits per heavy atom. The SMILES string of the molecule is Cc1ccccc1CC(=O)N1CCC(N)c2ccccc21. The zero-order valence-corrected chi connectivity index (χ0v) is 12.3. The standard InChI is InChI=1S/C18H20N2O/c1-13-6-2-3-7-14(13)12-18(21)20-11-10-16(19)15-8-4-5-9-17(15)20/h2-9,16H,10-12,19H2,1H3. The summed E-state index contributed by atoms with van der Waals surface area (Å²) in [6.45, 7) is 2.74. The molecule has 21 heavy (non-hydrogen) atoms. The van der Waals surface area contributed by atoms with Crippen LogP contribution in [0.25, 0.3) is 0 Å². The first-order chi connectivity index (χ1) is 10.2. The average Bonchev–Trinajstić information content (AvgIpc) is 2.50. The molecule has 108 valence electrons. The van der Waals surface area contributed by atoms with Crippen LogP contribution in [0, 0.1) is 6.92 Å². The van der Waals surface area contributed by atoms with Crippen LogP contribution in [-0.2, 0) is 11.2 Å². The molecule has 1 amide bonds.